The molecule has 1 amide bonds. The fourth-order valence-corrected chi connectivity index (χ4v) is 1.70. The van der Waals surface area contributed by atoms with Crippen molar-refractivity contribution in [3.8, 4) is 0 Å². The van der Waals surface area contributed by atoms with Gasteiger partial charge in [-0.3, -0.25) is 0 Å². The Kier molecular flexibility index (Phi) is 4.77. The summed E-state index contributed by atoms with van der Waals surface area (Å²) in [5, 5.41) is 3.27. The molecule has 0 aliphatic carbocycles. The van der Waals surface area contributed by atoms with Gasteiger partial charge in [-0.1, -0.05) is 0 Å². The number of ether oxygens (including phenoxy) is 2. The summed E-state index contributed by atoms with van der Waals surface area (Å²) >= 11 is 0. The normalized spacial score (nSPS) is 25.5. The number of carbonyl (C=O) groups is 1. The second-order valence-corrected chi connectivity index (χ2v) is 5.59. The number of carbonyl (C=O) groups excluding carboxylic acids is 1. The molecule has 0 aromatic rings. The van der Waals surface area contributed by atoms with Crippen LogP contribution >= 0.6 is 0 Å². The van der Waals surface area contributed by atoms with E-state index in [0.29, 0.717) is 6.54 Å². The zero-order valence-corrected chi connectivity index (χ0v) is 11.4. The van der Waals surface area contributed by atoms with Crippen molar-refractivity contribution in [3.05, 3.63) is 0 Å². The van der Waals surface area contributed by atoms with Gasteiger partial charge in [0.25, 0.3) is 0 Å². The van der Waals surface area contributed by atoms with Gasteiger partial charge in [-0.2, -0.15) is 0 Å². The third kappa shape index (κ3) is 5.37. The summed E-state index contributed by atoms with van der Waals surface area (Å²) in [7, 11) is 1.73. The molecule has 5 nitrogen and oxygen atoms in total. The van der Waals surface area contributed by atoms with Gasteiger partial charge in [0.15, 0.2) is 0 Å². The second kappa shape index (κ2) is 5.69. The summed E-state index contributed by atoms with van der Waals surface area (Å²) in [6.07, 6.45) is -0.0728. The molecule has 1 fully saturated rings. The van der Waals surface area contributed by atoms with E-state index in [-0.39, 0.29) is 18.3 Å². The van der Waals surface area contributed by atoms with E-state index in [2.05, 4.69) is 5.32 Å². The Hall–Kier alpha value is -0.810. The molecule has 1 heterocycles. The summed E-state index contributed by atoms with van der Waals surface area (Å²) in [6, 6.07) is 0. The van der Waals surface area contributed by atoms with E-state index in [9.17, 15) is 4.79 Å². The molecule has 1 aliphatic rings. The molecule has 2 unspecified atom stereocenters. The number of hydrogen-bond donors (Lipinski definition) is 1. The van der Waals surface area contributed by atoms with Gasteiger partial charge in [-0.15, -0.1) is 0 Å². The zero-order chi connectivity index (χ0) is 13.1. The standard InChI is InChI=1S/C12H24N2O3/c1-9-6-13-7-10(16-9)8-14(5)11(15)17-12(2,3)4/h9-10,13H,6-8H2,1-5H3. The Morgan fingerprint density at radius 2 is 2.12 bits per heavy atom. The van der Waals surface area contributed by atoms with Crippen LogP contribution in [0.15, 0.2) is 0 Å². The lowest BCUT2D eigenvalue weighted by molar-refractivity contribution is -0.0436. The van der Waals surface area contributed by atoms with Gasteiger partial charge in [-0.25, -0.2) is 4.79 Å². The van der Waals surface area contributed by atoms with Crippen molar-refractivity contribution in [3.63, 3.8) is 0 Å². The molecule has 5 heteroatoms. The van der Waals surface area contributed by atoms with Crippen LogP contribution < -0.4 is 5.32 Å². The SMILES string of the molecule is CC1CNCC(CN(C)C(=O)OC(C)(C)C)O1. The number of hydrogen-bond acceptors (Lipinski definition) is 4. The van der Waals surface area contributed by atoms with Crippen LogP contribution in [-0.4, -0.2) is 55.5 Å². The molecule has 17 heavy (non-hydrogen) atoms. The predicted octanol–water partition coefficient (Wildman–Crippen LogP) is 1.23. The summed E-state index contributed by atoms with van der Waals surface area (Å²) in [6.45, 7) is 9.79. The molecule has 1 N–H and O–H groups in total. The van der Waals surface area contributed by atoms with E-state index in [1.54, 1.807) is 11.9 Å². The molecule has 1 aliphatic heterocycles. The smallest absolute Gasteiger partial charge is 0.410 e. The van der Waals surface area contributed by atoms with E-state index in [1.165, 1.54) is 0 Å². The topological polar surface area (TPSA) is 50.8 Å². The molecule has 100 valence electrons. The number of morpholine rings is 1. The van der Waals surface area contributed by atoms with Gasteiger partial charge in [0, 0.05) is 20.1 Å². The molecule has 0 spiro atoms. The Bertz CT molecular complexity index is 263. The largest absolute Gasteiger partial charge is 0.444 e. The molecule has 0 radical (unpaired) electrons. The summed E-state index contributed by atoms with van der Waals surface area (Å²) < 4.78 is 11.0. The van der Waals surface area contributed by atoms with Gasteiger partial charge in [0.2, 0.25) is 0 Å². The monoisotopic (exact) mass is 244 g/mol. The number of amides is 1. The number of rotatable bonds is 2. The van der Waals surface area contributed by atoms with Crippen LogP contribution in [0.1, 0.15) is 27.7 Å². The first-order chi connectivity index (χ1) is 7.78. The van der Waals surface area contributed by atoms with Crippen LogP contribution in [0.2, 0.25) is 0 Å². The van der Waals surface area contributed by atoms with Gasteiger partial charge in [0.1, 0.15) is 5.60 Å². The van der Waals surface area contributed by atoms with Gasteiger partial charge >= 0.3 is 6.09 Å². The fourth-order valence-electron chi connectivity index (χ4n) is 1.70. The number of likely N-dealkylation sites (N-methyl/N-ethyl adjacent to an activating group) is 1. The maximum Gasteiger partial charge on any atom is 0.410 e. The van der Waals surface area contributed by atoms with Crippen LogP contribution in [0.25, 0.3) is 0 Å². The Labute approximate surface area is 103 Å². The van der Waals surface area contributed by atoms with Crippen molar-refractivity contribution >= 4 is 6.09 Å². The Balaban J connectivity index is 2.37. The molecule has 1 saturated heterocycles. The first-order valence-corrected chi connectivity index (χ1v) is 6.08. The van der Waals surface area contributed by atoms with Crippen LogP contribution in [0.3, 0.4) is 0 Å². The number of nitrogens with one attached hydrogen (secondary N) is 1. The molecular formula is C12H24N2O3. The Morgan fingerprint density at radius 3 is 2.65 bits per heavy atom. The van der Waals surface area contributed by atoms with Crippen LogP contribution in [0.4, 0.5) is 4.79 Å². The summed E-state index contributed by atoms with van der Waals surface area (Å²) in [5.41, 5.74) is -0.454. The first-order valence-electron chi connectivity index (χ1n) is 6.08. The van der Waals surface area contributed by atoms with Gasteiger partial charge in [0.05, 0.1) is 18.8 Å². The van der Waals surface area contributed by atoms with E-state index >= 15 is 0 Å². The van der Waals surface area contributed by atoms with Crippen molar-refractivity contribution in [2.75, 3.05) is 26.7 Å². The molecule has 0 aromatic carbocycles. The third-order valence-electron chi connectivity index (χ3n) is 2.41. The molecular weight excluding hydrogens is 220 g/mol. The van der Waals surface area contributed by atoms with E-state index in [4.69, 9.17) is 9.47 Å². The molecule has 0 aromatic heterocycles. The average Bonchev–Trinajstić information content (AvgIpc) is 2.14. The minimum absolute atomic E-state index is 0.0382. The van der Waals surface area contributed by atoms with Crippen molar-refractivity contribution in [2.45, 2.75) is 45.5 Å². The van der Waals surface area contributed by atoms with Crippen LogP contribution in [-0.2, 0) is 9.47 Å². The molecule has 1 rings (SSSR count). The van der Waals surface area contributed by atoms with Crippen LogP contribution in [0.5, 0.6) is 0 Å². The minimum atomic E-state index is -0.454. The average molecular weight is 244 g/mol. The highest BCUT2D eigenvalue weighted by Crippen LogP contribution is 2.10. The molecule has 2 atom stereocenters. The van der Waals surface area contributed by atoms with Crippen molar-refractivity contribution in [1.82, 2.24) is 10.2 Å². The van der Waals surface area contributed by atoms with E-state index in [1.807, 2.05) is 27.7 Å². The zero-order valence-electron chi connectivity index (χ0n) is 11.4. The quantitative estimate of drug-likeness (QED) is 0.794. The first kappa shape index (κ1) is 14.3. The van der Waals surface area contributed by atoms with E-state index in [0.717, 1.165) is 13.1 Å². The lowest BCUT2D eigenvalue weighted by atomic mass is 10.2. The van der Waals surface area contributed by atoms with Gasteiger partial charge < -0.3 is 19.7 Å². The second-order valence-electron chi connectivity index (χ2n) is 5.59. The fraction of sp³-hybridized carbons (Fsp3) is 0.917. The lowest BCUT2D eigenvalue weighted by Gasteiger charge is -2.32. The summed E-state index contributed by atoms with van der Waals surface area (Å²) in [4.78, 5) is 13.3. The number of nitrogens with zero attached hydrogens (tertiary/aromatic N) is 1. The Morgan fingerprint density at radius 1 is 1.47 bits per heavy atom. The lowest BCUT2D eigenvalue weighted by Crippen LogP contribution is -2.49. The van der Waals surface area contributed by atoms with Crippen molar-refractivity contribution in [2.24, 2.45) is 0 Å². The minimum Gasteiger partial charge on any atom is -0.444 e. The molecule has 0 bridgehead atoms. The third-order valence-corrected chi connectivity index (χ3v) is 2.41. The highest BCUT2D eigenvalue weighted by atomic mass is 16.6. The maximum absolute atomic E-state index is 11.7. The van der Waals surface area contributed by atoms with Gasteiger partial charge in [-0.05, 0) is 27.7 Å². The highest BCUT2D eigenvalue weighted by molar-refractivity contribution is 5.67. The maximum atomic E-state index is 11.7. The highest BCUT2D eigenvalue weighted by Gasteiger charge is 2.24. The van der Waals surface area contributed by atoms with E-state index < -0.39 is 5.60 Å². The molecule has 0 saturated carbocycles. The summed E-state index contributed by atoms with van der Waals surface area (Å²) in [5.74, 6) is 0. The van der Waals surface area contributed by atoms with Crippen molar-refractivity contribution in [1.29, 1.82) is 0 Å². The predicted molar refractivity (Wildman–Crippen MR) is 66.1 cm³/mol. The van der Waals surface area contributed by atoms with Crippen LogP contribution in [0, 0.1) is 0 Å². The van der Waals surface area contributed by atoms with Crippen molar-refractivity contribution < 1.29 is 14.3 Å².